The van der Waals surface area contributed by atoms with E-state index in [0.717, 1.165) is 37.7 Å². The molecule has 2 atom stereocenters. The number of methoxy groups -OCH3 is 1. The van der Waals surface area contributed by atoms with Crippen LogP contribution in [0.1, 0.15) is 11.3 Å². The Labute approximate surface area is 170 Å². The molecule has 0 unspecified atom stereocenters. The van der Waals surface area contributed by atoms with Crippen LogP contribution in [0.5, 0.6) is 0 Å². The molecular formula is C21H27N7O. The maximum atomic E-state index is 5.74. The number of aromatic nitrogens is 4. The fraction of sp³-hybridized carbons (Fsp3) is 0.381. The van der Waals surface area contributed by atoms with Crippen LogP contribution in [0, 0.1) is 0 Å². The van der Waals surface area contributed by atoms with Crippen LogP contribution < -0.4 is 15.5 Å². The zero-order chi connectivity index (χ0) is 20.1. The summed E-state index contributed by atoms with van der Waals surface area (Å²) < 4.78 is 7.78. The lowest BCUT2D eigenvalue weighted by molar-refractivity contribution is 0.0964. The molecule has 1 fully saturated rings. The van der Waals surface area contributed by atoms with Gasteiger partial charge in [0, 0.05) is 46.2 Å². The summed E-state index contributed by atoms with van der Waals surface area (Å²) in [6, 6.07) is 14.6. The summed E-state index contributed by atoms with van der Waals surface area (Å²) in [4.78, 5) is 11.0. The molecule has 2 aromatic heterocycles. The van der Waals surface area contributed by atoms with Gasteiger partial charge < -0.3 is 20.3 Å². The fourth-order valence-corrected chi connectivity index (χ4v) is 3.69. The first-order chi connectivity index (χ1) is 14.3. The van der Waals surface area contributed by atoms with Crippen molar-refractivity contribution in [3.8, 4) is 0 Å². The molecule has 1 saturated heterocycles. The number of rotatable bonds is 8. The minimum atomic E-state index is 0.0912. The average molecular weight is 393 g/mol. The second kappa shape index (κ2) is 9.02. The van der Waals surface area contributed by atoms with E-state index in [2.05, 4.69) is 60.9 Å². The van der Waals surface area contributed by atoms with E-state index < -0.39 is 0 Å². The van der Waals surface area contributed by atoms with E-state index in [1.165, 1.54) is 5.56 Å². The smallest absolute Gasteiger partial charge is 0.224 e. The van der Waals surface area contributed by atoms with Crippen LogP contribution in [0.2, 0.25) is 0 Å². The van der Waals surface area contributed by atoms with Crippen LogP contribution in [-0.4, -0.2) is 59.1 Å². The van der Waals surface area contributed by atoms with E-state index >= 15 is 0 Å². The van der Waals surface area contributed by atoms with Crippen molar-refractivity contribution in [2.45, 2.75) is 25.2 Å². The number of hydrogen-bond acceptors (Lipinski definition) is 7. The number of nitrogens with one attached hydrogen (secondary N) is 2. The zero-order valence-electron chi connectivity index (χ0n) is 16.8. The fourth-order valence-electron chi connectivity index (χ4n) is 3.69. The minimum absolute atomic E-state index is 0.0912. The number of nitrogens with zero attached hydrogens (tertiary/aromatic N) is 5. The van der Waals surface area contributed by atoms with Crippen molar-refractivity contribution in [1.29, 1.82) is 0 Å². The van der Waals surface area contributed by atoms with Gasteiger partial charge in [0.25, 0.3) is 0 Å². The minimum Gasteiger partial charge on any atom is -0.378 e. The van der Waals surface area contributed by atoms with Gasteiger partial charge in [0.1, 0.15) is 5.82 Å². The van der Waals surface area contributed by atoms with Gasteiger partial charge in [0.2, 0.25) is 5.95 Å². The zero-order valence-corrected chi connectivity index (χ0v) is 16.8. The Morgan fingerprint density at radius 2 is 1.97 bits per heavy atom. The van der Waals surface area contributed by atoms with Gasteiger partial charge in [0.05, 0.1) is 24.4 Å². The third-order valence-electron chi connectivity index (χ3n) is 5.28. The van der Waals surface area contributed by atoms with Crippen LogP contribution in [0.25, 0.3) is 0 Å². The third-order valence-corrected chi connectivity index (χ3v) is 5.28. The molecule has 0 amide bonds. The molecule has 1 aliphatic heterocycles. The molecule has 29 heavy (non-hydrogen) atoms. The molecule has 0 saturated carbocycles. The molecule has 1 aliphatic rings. The van der Waals surface area contributed by atoms with Gasteiger partial charge in [-0.25, -0.2) is 4.98 Å². The maximum Gasteiger partial charge on any atom is 0.224 e. The molecule has 8 nitrogen and oxygen atoms in total. The quantitative estimate of drug-likeness (QED) is 0.604. The topological polar surface area (TPSA) is 80.1 Å². The van der Waals surface area contributed by atoms with Gasteiger partial charge in [-0.3, -0.25) is 4.68 Å². The summed E-state index contributed by atoms with van der Waals surface area (Å²) in [5, 5.41) is 11.1. The van der Waals surface area contributed by atoms with Gasteiger partial charge in [-0.1, -0.05) is 30.3 Å². The molecule has 4 rings (SSSR count). The molecule has 1 aromatic carbocycles. The van der Waals surface area contributed by atoms with Crippen molar-refractivity contribution in [3.63, 3.8) is 0 Å². The van der Waals surface area contributed by atoms with Gasteiger partial charge in [-0.05, 0) is 17.7 Å². The second-order valence-electron chi connectivity index (χ2n) is 7.12. The monoisotopic (exact) mass is 393 g/mol. The predicted octanol–water partition coefficient (Wildman–Crippen LogP) is 1.76. The summed E-state index contributed by atoms with van der Waals surface area (Å²) in [5.74, 6) is 1.53. The van der Waals surface area contributed by atoms with E-state index in [4.69, 9.17) is 4.74 Å². The van der Waals surface area contributed by atoms with Crippen molar-refractivity contribution < 1.29 is 4.74 Å². The Hall–Kier alpha value is -2.97. The highest BCUT2D eigenvalue weighted by Crippen LogP contribution is 2.21. The highest BCUT2D eigenvalue weighted by atomic mass is 16.5. The summed E-state index contributed by atoms with van der Waals surface area (Å²) >= 11 is 0. The first-order valence-corrected chi connectivity index (χ1v) is 9.83. The molecule has 152 valence electrons. The summed E-state index contributed by atoms with van der Waals surface area (Å²) in [6.07, 6.45) is 3.72. The maximum absolute atomic E-state index is 5.74. The standard InChI is InChI=1S/C21H27N7O/c1-22-21-23-10-9-20(26-21)27-14-18(19(15-27)29-2)24-12-17-8-11-25-28(17)13-16-6-4-3-5-7-16/h3-11,18-19,24H,12-15H2,1-2H3,(H,22,23,26)/t18-,19+/m1/s1. The molecule has 8 heteroatoms. The van der Waals surface area contributed by atoms with E-state index in [0.29, 0.717) is 5.95 Å². The Balaban J connectivity index is 1.40. The molecule has 0 radical (unpaired) electrons. The molecule has 3 aromatic rings. The van der Waals surface area contributed by atoms with E-state index in [1.807, 2.05) is 30.1 Å². The molecule has 0 bridgehead atoms. The van der Waals surface area contributed by atoms with Crippen molar-refractivity contribution in [1.82, 2.24) is 25.1 Å². The number of hydrogen-bond donors (Lipinski definition) is 2. The van der Waals surface area contributed by atoms with Crippen LogP contribution in [-0.2, 0) is 17.8 Å². The lowest BCUT2D eigenvalue weighted by Crippen LogP contribution is -2.40. The van der Waals surface area contributed by atoms with E-state index in [9.17, 15) is 0 Å². The SMILES string of the molecule is CNc1nccc(N2C[C@H](OC)[C@H](NCc3ccnn3Cc3ccccc3)C2)n1. The van der Waals surface area contributed by atoms with Crippen molar-refractivity contribution in [2.75, 3.05) is 37.5 Å². The Kier molecular flexibility index (Phi) is 6.02. The first-order valence-electron chi connectivity index (χ1n) is 9.83. The molecular weight excluding hydrogens is 366 g/mol. The number of benzene rings is 1. The first kappa shape index (κ1) is 19.4. The Bertz CT molecular complexity index is 914. The van der Waals surface area contributed by atoms with Crippen molar-refractivity contribution >= 4 is 11.8 Å². The van der Waals surface area contributed by atoms with Crippen LogP contribution in [0.3, 0.4) is 0 Å². The second-order valence-corrected chi connectivity index (χ2v) is 7.12. The number of anilines is 2. The lowest BCUT2D eigenvalue weighted by Gasteiger charge is -2.19. The van der Waals surface area contributed by atoms with Gasteiger partial charge in [-0.15, -0.1) is 0 Å². The summed E-state index contributed by atoms with van der Waals surface area (Å²) in [5.41, 5.74) is 2.39. The van der Waals surface area contributed by atoms with Gasteiger partial charge >= 0.3 is 0 Å². The van der Waals surface area contributed by atoms with Gasteiger partial charge in [-0.2, -0.15) is 10.1 Å². The lowest BCUT2D eigenvalue weighted by atomic mass is 10.2. The molecule has 0 aliphatic carbocycles. The molecule has 0 spiro atoms. The Morgan fingerprint density at radius 1 is 1.10 bits per heavy atom. The summed E-state index contributed by atoms with van der Waals surface area (Å²) in [7, 11) is 3.59. The molecule has 3 heterocycles. The Morgan fingerprint density at radius 3 is 2.76 bits per heavy atom. The van der Waals surface area contributed by atoms with Gasteiger partial charge in [0.15, 0.2) is 0 Å². The van der Waals surface area contributed by atoms with E-state index in [-0.39, 0.29) is 12.1 Å². The number of ether oxygens (including phenoxy) is 1. The van der Waals surface area contributed by atoms with Crippen LogP contribution in [0.4, 0.5) is 11.8 Å². The van der Waals surface area contributed by atoms with E-state index in [1.54, 1.807) is 13.3 Å². The average Bonchev–Trinajstić information content (AvgIpc) is 3.39. The highest BCUT2D eigenvalue weighted by molar-refractivity contribution is 5.44. The highest BCUT2D eigenvalue weighted by Gasteiger charge is 2.33. The van der Waals surface area contributed by atoms with Crippen molar-refractivity contribution in [3.05, 3.63) is 66.1 Å². The third kappa shape index (κ3) is 4.55. The largest absolute Gasteiger partial charge is 0.378 e. The van der Waals surface area contributed by atoms with Crippen LogP contribution in [0.15, 0.2) is 54.9 Å². The predicted molar refractivity (Wildman–Crippen MR) is 113 cm³/mol. The van der Waals surface area contributed by atoms with Crippen LogP contribution >= 0.6 is 0 Å². The van der Waals surface area contributed by atoms with Crippen molar-refractivity contribution in [2.24, 2.45) is 0 Å². The molecule has 2 N–H and O–H groups in total. The summed E-state index contributed by atoms with van der Waals surface area (Å²) in [6.45, 7) is 3.11. The normalized spacial score (nSPS) is 18.9.